The Labute approximate surface area is 372 Å². The van der Waals surface area contributed by atoms with Gasteiger partial charge in [0.25, 0.3) is 0 Å². The Morgan fingerprint density at radius 2 is 0.828 bits per heavy atom. The second-order valence-corrected chi connectivity index (χ2v) is 17.1. The van der Waals surface area contributed by atoms with Gasteiger partial charge in [0.2, 0.25) is 0 Å². The maximum Gasteiger partial charge on any atom is 0.160 e. The van der Waals surface area contributed by atoms with Crippen LogP contribution in [0.25, 0.3) is 106 Å². The molecule has 11 aromatic rings. The first-order chi connectivity index (χ1) is 31.5. The predicted molar refractivity (Wildman–Crippen MR) is 262 cm³/mol. The first kappa shape index (κ1) is 37.5. The molecule has 3 heterocycles. The summed E-state index contributed by atoms with van der Waals surface area (Å²) in [7, 11) is 0. The molecule has 1 aliphatic rings. The molecule has 0 radical (unpaired) electrons. The van der Waals surface area contributed by atoms with Crippen molar-refractivity contribution in [3.63, 3.8) is 0 Å². The highest BCUT2D eigenvalue weighted by atomic mass is 15.0. The van der Waals surface area contributed by atoms with Crippen molar-refractivity contribution in [3.05, 3.63) is 223 Å². The first-order valence-electron chi connectivity index (χ1n) is 21.8. The number of para-hydroxylation sites is 1. The number of hydrogen-bond donors (Lipinski definition) is 0. The third-order valence-corrected chi connectivity index (χ3v) is 12.8. The highest BCUT2D eigenvalue weighted by Crippen LogP contribution is 2.51. The summed E-state index contributed by atoms with van der Waals surface area (Å²) in [4.78, 5) is 21.2. The fraction of sp³-hybridized carbons (Fsp3) is 0.0508. The largest absolute Gasteiger partial charge is 0.309 e. The molecule has 0 saturated heterocycles. The molecule has 0 fully saturated rings. The van der Waals surface area contributed by atoms with E-state index in [1.807, 2.05) is 36.4 Å². The molecule has 1 aliphatic carbocycles. The van der Waals surface area contributed by atoms with Crippen molar-refractivity contribution in [1.29, 1.82) is 0 Å². The molecular weight excluding hydrogens is 779 g/mol. The lowest BCUT2D eigenvalue weighted by molar-refractivity contribution is 0.661. The highest BCUT2D eigenvalue weighted by molar-refractivity contribution is 6.12. The van der Waals surface area contributed by atoms with E-state index in [0.29, 0.717) is 11.6 Å². The fourth-order valence-corrected chi connectivity index (χ4v) is 9.65. The average Bonchev–Trinajstić information content (AvgIpc) is 3.81. The zero-order valence-corrected chi connectivity index (χ0v) is 35.4. The van der Waals surface area contributed by atoms with Gasteiger partial charge in [0.15, 0.2) is 11.6 Å². The lowest BCUT2D eigenvalue weighted by Crippen LogP contribution is -2.14. The van der Waals surface area contributed by atoms with Crippen molar-refractivity contribution < 1.29 is 0 Å². The number of benzene rings is 8. The summed E-state index contributed by atoms with van der Waals surface area (Å²) in [5, 5.41) is 2.42. The normalized spacial score (nSPS) is 12.7. The maximum absolute atomic E-state index is 5.44. The summed E-state index contributed by atoms with van der Waals surface area (Å²) in [6.45, 7) is 4.70. The van der Waals surface area contributed by atoms with Crippen LogP contribution in [-0.2, 0) is 5.41 Å². The topological polar surface area (TPSA) is 56.5 Å². The minimum Gasteiger partial charge on any atom is -0.309 e. The monoisotopic (exact) mass is 819 g/mol. The second kappa shape index (κ2) is 15.0. The van der Waals surface area contributed by atoms with E-state index in [-0.39, 0.29) is 5.41 Å². The summed E-state index contributed by atoms with van der Waals surface area (Å²) in [6, 6.07) is 74.7. The number of hydrogen-bond acceptors (Lipinski definition) is 4. The average molecular weight is 820 g/mol. The molecule has 64 heavy (non-hydrogen) atoms. The van der Waals surface area contributed by atoms with Crippen LogP contribution in [-0.4, -0.2) is 24.5 Å². The molecule has 12 rings (SSSR count). The van der Waals surface area contributed by atoms with Crippen molar-refractivity contribution in [2.24, 2.45) is 0 Å². The van der Waals surface area contributed by atoms with Gasteiger partial charge in [-0.05, 0) is 70.8 Å². The molecule has 0 saturated carbocycles. The summed E-state index contributed by atoms with van der Waals surface area (Å²) < 4.78 is 2.43. The molecule has 0 N–H and O–H groups in total. The van der Waals surface area contributed by atoms with E-state index in [1.54, 1.807) is 0 Å². The number of nitrogens with zero attached hydrogens (tertiary/aromatic N) is 5. The number of aromatic nitrogens is 5. The van der Waals surface area contributed by atoms with Gasteiger partial charge in [-0.25, -0.2) is 19.9 Å². The van der Waals surface area contributed by atoms with Crippen LogP contribution in [0.3, 0.4) is 0 Å². The molecule has 5 nitrogen and oxygen atoms in total. The smallest absolute Gasteiger partial charge is 0.160 e. The maximum atomic E-state index is 5.44. The Morgan fingerprint density at radius 3 is 1.45 bits per heavy atom. The molecule has 302 valence electrons. The molecule has 0 spiro atoms. The van der Waals surface area contributed by atoms with Gasteiger partial charge in [-0.1, -0.05) is 178 Å². The molecule has 3 aromatic heterocycles. The summed E-state index contributed by atoms with van der Waals surface area (Å²) >= 11 is 0. The van der Waals surface area contributed by atoms with Gasteiger partial charge >= 0.3 is 0 Å². The van der Waals surface area contributed by atoms with Gasteiger partial charge in [0, 0.05) is 49.6 Å². The Balaban J connectivity index is 1.16. The minimum absolute atomic E-state index is 0.133. The van der Waals surface area contributed by atoms with Gasteiger partial charge in [-0.2, -0.15) is 0 Å². The minimum atomic E-state index is -0.133. The van der Waals surface area contributed by atoms with Gasteiger partial charge in [0.1, 0.15) is 0 Å². The van der Waals surface area contributed by atoms with Crippen molar-refractivity contribution in [2.75, 3.05) is 0 Å². The quantitative estimate of drug-likeness (QED) is 0.161. The Hall–Kier alpha value is -8.28. The Kier molecular flexibility index (Phi) is 8.76. The first-order valence-corrected chi connectivity index (χ1v) is 21.8. The summed E-state index contributed by atoms with van der Waals surface area (Å²) in [5.74, 6) is 1.29. The van der Waals surface area contributed by atoms with E-state index in [2.05, 4.69) is 194 Å². The van der Waals surface area contributed by atoms with E-state index >= 15 is 0 Å². The molecule has 0 bridgehead atoms. The molecule has 0 aliphatic heterocycles. The van der Waals surface area contributed by atoms with Crippen LogP contribution in [0.4, 0.5) is 0 Å². The van der Waals surface area contributed by atoms with E-state index in [9.17, 15) is 0 Å². The molecule has 0 amide bonds. The molecular formula is C59H41N5. The lowest BCUT2D eigenvalue weighted by Gasteiger charge is -2.21. The van der Waals surface area contributed by atoms with Gasteiger partial charge < -0.3 is 4.57 Å². The third-order valence-electron chi connectivity index (χ3n) is 12.8. The molecule has 8 aromatic carbocycles. The zero-order chi connectivity index (χ0) is 42.8. The van der Waals surface area contributed by atoms with E-state index in [0.717, 1.165) is 72.9 Å². The van der Waals surface area contributed by atoms with Crippen molar-refractivity contribution in [2.45, 2.75) is 19.3 Å². The molecule has 0 unspecified atom stereocenters. The SMILES string of the molecule is CC1(C)c2ccccc2-c2cc3c(cc21)c1ccccc1n3-c1ccc(-c2nc(-c3ccccc3)cc(-c3ccccc3)n2)cc1-c1cc(-c2ccccc2)nc(-c2ccccc2)n1. The third kappa shape index (κ3) is 6.24. The van der Waals surface area contributed by atoms with Crippen LogP contribution < -0.4 is 0 Å². The van der Waals surface area contributed by atoms with E-state index < -0.39 is 0 Å². The predicted octanol–water partition coefficient (Wildman–Crippen LogP) is 14.7. The van der Waals surface area contributed by atoms with Crippen LogP contribution in [0.5, 0.6) is 0 Å². The Bertz CT molecular complexity index is 3440. The number of fused-ring (bicyclic) bond motifs is 6. The fourth-order valence-electron chi connectivity index (χ4n) is 9.65. The van der Waals surface area contributed by atoms with Gasteiger partial charge in [-0.15, -0.1) is 0 Å². The van der Waals surface area contributed by atoms with Crippen LogP contribution in [0.2, 0.25) is 0 Å². The lowest BCUT2D eigenvalue weighted by atomic mass is 9.82. The Morgan fingerprint density at radius 1 is 0.328 bits per heavy atom. The summed E-state index contributed by atoms with van der Waals surface area (Å²) in [5.41, 5.74) is 17.6. The second-order valence-electron chi connectivity index (χ2n) is 17.1. The van der Waals surface area contributed by atoms with Crippen molar-refractivity contribution in [3.8, 4) is 84.6 Å². The van der Waals surface area contributed by atoms with Crippen LogP contribution in [0.1, 0.15) is 25.0 Å². The molecule has 0 atom stereocenters. The number of rotatable bonds is 7. The van der Waals surface area contributed by atoms with Crippen LogP contribution in [0, 0.1) is 0 Å². The molecule has 5 heteroatoms. The van der Waals surface area contributed by atoms with Crippen molar-refractivity contribution in [1.82, 2.24) is 24.5 Å². The van der Waals surface area contributed by atoms with Crippen molar-refractivity contribution >= 4 is 21.8 Å². The van der Waals surface area contributed by atoms with E-state index in [4.69, 9.17) is 19.9 Å². The summed E-state index contributed by atoms with van der Waals surface area (Å²) in [6.07, 6.45) is 0. The van der Waals surface area contributed by atoms with E-state index in [1.165, 1.54) is 33.0 Å². The van der Waals surface area contributed by atoms with Gasteiger partial charge in [0.05, 0.1) is 39.5 Å². The van der Waals surface area contributed by atoms with Crippen LogP contribution >= 0.6 is 0 Å². The standard InChI is InChI=1S/C59H41N5/c1-59(2)48-29-17-15-27-43(48)45-35-56-46(34-49(45)59)44-28-16-18-30-54(44)64(56)55-32-31-42(58-61-50(38-19-7-3-8-20-38)36-51(62-58)39-21-9-4-10-22-39)33-47(55)53-37-52(40-23-11-5-12-24-40)60-57(63-53)41-25-13-6-14-26-41/h3-37H,1-2H3. The van der Waals surface area contributed by atoms with Crippen LogP contribution in [0.15, 0.2) is 212 Å². The van der Waals surface area contributed by atoms with Gasteiger partial charge in [-0.3, -0.25) is 0 Å². The highest BCUT2D eigenvalue weighted by Gasteiger charge is 2.36. The zero-order valence-electron chi connectivity index (χ0n) is 35.4.